The van der Waals surface area contributed by atoms with Crippen LogP contribution in [0.15, 0.2) is 65.7 Å². The normalized spacial score (nSPS) is 10.7. The summed E-state index contributed by atoms with van der Waals surface area (Å²) in [7, 11) is 0. The summed E-state index contributed by atoms with van der Waals surface area (Å²) in [4.78, 5) is 16.8. The molecule has 1 heterocycles. The van der Waals surface area contributed by atoms with E-state index in [1.165, 1.54) is 17.3 Å². The average molecular weight is 322 g/mol. The number of nitrogens with zero attached hydrogens (tertiary/aromatic N) is 1. The number of pyridine rings is 1. The first-order valence-corrected chi connectivity index (χ1v) is 8.61. The molecule has 0 saturated carbocycles. The number of carbonyl (C=O) groups is 1. The zero-order chi connectivity index (χ0) is 16.1. The predicted molar refractivity (Wildman–Crippen MR) is 96.9 cm³/mol. The van der Waals surface area contributed by atoms with Crippen LogP contribution >= 0.6 is 11.8 Å². The summed E-state index contributed by atoms with van der Waals surface area (Å²) >= 11 is 1.49. The molecule has 1 N–H and O–H groups in total. The van der Waals surface area contributed by atoms with Gasteiger partial charge >= 0.3 is 0 Å². The number of anilines is 1. The lowest BCUT2D eigenvalue weighted by Gasteiger charge is -2.09. The van der Waals surface area contributed by atoms with Crippen LogP contribution in [0.5, 0.6) is 0 Å². The van der Waals surface area contributed by atoms with Gasteiger partial charge in [-0.05, 0) is 36.2 Å². The van der Waals surface area contributed by atoms with Crippen LogP contribution in [0, 0.1) is 0 Å². The molecule has 0 spiro atoms. The highest BCUT2D eigenvalue weighted by Crippen LogP contribution is 2.25. The summed E-state index contributed by atoms with van der Waals surface area (Å²) in [6, 6.07) is 19.7. The van der Waals surface area contributed by atoms with Gasteiger partial charge in [0.1, 0.15) is 5.03 Å². The van der Waals surface area contributed by atoms with Crippen molar-refractivity contribution in [2.45, 2.75) is 18.4 Å². The number of aromatic nitrogens is 1. The number of nitrogens with one attached hydrogen (secondary N) is 1. The molecule has 0 fully saturated rings. The summed E-state index contributed by atoms with van der Waals surface area (Å²) in [5.41, 5.74) is 2.97. The van der Waals surface area contributed by atoms with Gasteiger partial charge < -0.3 is 5.32 Å². The molecule has 0 aliphatic rings. The summed E-state index contributed by atoms with van der Waals surface area (Å²) in [5.74, 6) is 0.339. The minimum atomic E-state index is -0.0155. The SMILES string of the molecule is CCc1cc2ccccc2nc1SCC(=O)Nc1ccccc1. The molecule has 0 atom stereocenters. The minimum Gasteiger partial charge on any atom is -0.325 e. The van der Waals surface area contributed by atoms with Gasteiger partial charge in [0, 0.05) is 11.1 Å². The third-order valence-corrected chi connectivity index (χ3v) is 4.58. The molecule has 0 aliphatic heterocycles. The zero-order valence-electron chi connectivity index (χ0n) is 13.0. The van der Waals surface area contributed by atoms with E-state index in [2.05, 4.69) is 24.4 Å². The van der Waals surface area contributed by atoms with Gasteiger partial charge in [-0.3, -0.25) is 4.79 Å². The molecule has 0 radical (unpaired) electrons. The largest absolute Gasteiger partial charge is 0.325 e. The van der Waals surface area contributed by atoms with E-state index in [1.54, 1.807) is 0 Å². The maximum Gasteiger partial charge on any atom is 0.234 e. The fourth-order valence-electron chi connectivity index (χ4n) is 2.37. The maximum atomic E-state index is 12.1. The number of amides is 1. The van der Waals surface area contributed by atoms with E-state index in [0.717, 1.165) is 28.0 Å². The van der Waals surface area contributed by atoms with E-state index >= 15 is 0 Å². The van der Waals surface area contributed by atoms with E-state index in [4.69, 9.17) is 4.98 Å². The summed E-state index contributed by atoms with van der Waals surface area (Å²) < 4.78 is 0. The summed E-state index contributed by atoms with van der Waals surface area (Å²) in [6.07, 6.45) is 0.903. The summed E-state index contributed by atoms with van der Waals surface area (Å²) in [6.45, 7) is 2.11. The van der Waals surface area contributed by atoms with E-state index in [-0.39, 0.29) is 5.91 Å². The fraction of sp³-hybridized carbons (Fsp3) is 0.158. The topological polar surface area (TPSA) is 42.0 Å². The second kappa shape index (κ2) is 7.29. The monoisotopic (exact) mass is 322 g/mol. The predicted octanol–water partition coefficient (Wildman–Crippen LogP) is 4.53. The number of benzene rings is 2. The number of hydrogen-bond donors (Lipinski definition) is 1. The van der Waals surface area contributed by atoms with Gasteiger partial charge in [-0.25, -0.2) is 4.98 Å². The summed E-state index contributed by atoms with van der Waals surface area (Å²) in [5, 5.41) is 4.98. The molecule has 4 heteroatoms. The van der Waals surface area contributed by atoms with Crippen LogP contribution in [0.4, 0.5) is 5.69 Å². The Hall–Kier alpha value is -2.33. The molecule has 2 aromatic carbocycles. The molecule has 0 saturated heterocycles. The van der Waals surface area contributed by atoms with Gasteiger partial charge in [-0.1, -0.05) is 55.1 Å². The average Bonchev–Trinajstić information content (AvgIpc) is 2.60. The molecule has 0 aliphatic carbocycles. The maximum absolute atomic E-state index is 12.1. The van der Waals surface area contributed by atoms with Gasteiger partial charge in [-0.15, -0.1) is 0 Å². The molecule has 3 rings (SSSR count). The number of para-hydroxylation sites is 2. The molecule has 0 unspecified atom stereocenters. The molecule has 116 valence electrons. The first kappa shape index (κ1) is 15.6. The standard InChI is InChI=1S/C19H18N2OS/c1-2-14-12-15-8-6-7-11-17(15)21-19(14)23-13-18(22)20-16-9-4-3-5-10-16/h3-12H,2,13H2,1H3,(H,20,22). The van der Waals surface area contributed by atoms with Crippen LogP contribution in [-0.2, 0) is 11.2 Å². The van der Waals surface area contributed by atoms with Gasteiger partial charge in [0.2, 0.25) is 5.91 Å². The highest BCUT2D eigenvalue weighted by Gasteiger charge is 2.09. The first-order chi connectivity index (χ1) is 11.3. The smallest absolute Gasteiger partial charge is 0.234 e. The van der Waals surface area contributed by atoms with Crippen LogP contribution in [0.3, 0.4) is 0 Å². The lowest BCUT2D eigenvalue weighted by Crippen LogP contribution is -2.14. The molecular formula is C19H18N2OS. The Balaban J connectivity index is 1.72. The number of rotatable bonds is 5. The fourth-order valence-corrected chi connectivity index (χ4v) is 3.26. The quantitative estimate of drug-likeness (QED) is 0.702. The Kier molecular flexibility index (Phi) is 4.93. The Morgan fingerprint density at radius 3 is 2.61 bits per heavy atom. The van der Waals surface area contributed by atoms with Crippen LogP contribution in [0.1, 0.15) is 12.5 Å². The van der Waals surface area contributed by atoms with E-state index in [1.807, 2.05) is 48.5 Å². The second-order valence-corrected chi connectivity index (χ2v) is 6.17. The molecule has 3 aromatic rings. The van der Waals surface area contributed by atoms with Crippen molar-refractivity contribution in [3.8, 4) is 0 Å². The molecule has 1 amide bonds. The number of aryl methyl sites for hydroxylation is 1. The Labute approximate surface area is 140 Å². The molecule has 3 nitrogen and oxygen atoms in total. The number of fused-ring (bicyclic) bond motifs is 1. The van der Waals surface area contributed by atoms with Crippen molar-refractivity contribution in [2.75, 3.05) is 11.1 Å². The number of thioether (sulfide) groups is 1. The lowest BCUT2D eigenvalue weighted by atomic mass is 10.1. The highest BCUT2D eigenvalue weighted by atomic mass is 32.2. The molecular weight excluding hydrogens is 304 g/mol. The van der Waals surface area contributed by atoms with Crippen molar-refractivity contribution in [1.29, 1.82) is 0 Å². The van der Waals surface area contributed by atoms with E-state index in [9.17, 15) is 4.79 Å². The van der Waals surface area contributed by atoms with Crippen molar-refractivity contribution < 1.29 is 4.79 Å². The number of carbonyl (C=O) groups excluding carboxylic acids is 1. The zero-order valence-corrected chi connectivity index (χ0v) is 13.8. The Morgan fingerprint density at radius 1 is 1.09 bits per heavy atom. The minimum absolute atomic E-state index is 0.0155. The van der Waals surface area contributed by atoms with E-state index in [0.29, 0.717) is 5.75 Å². The highest BCUT2D eigenvalue weighted by molar-refractivity contribution is 8.00. The van der Waals surface area contributed by atoms with Crippen LogP contribution < -0.4 is 5.32 Å². The molecule has 0 bridgehead atoms. The van der Waals surface area contributed by atoms with Gasteiger partial charge in [0.15, 0.2) is 0 Å². The van der Waals surface area contributed by atoms with Gasteiger partial charge in [-0.2, -0.15) is 0 Å². The third-order valence-electron chi connectivity index (χ3n) is 3.54. The second-order valence-electron chi connectivity index (χ2n) is 5.20. The van der Waals surface area contributed by atoms with Crippen LogP contribution in [0.2, 0.25) is 0 Å². The van der Waals surface area contributed by atoms with Crippen molar-refractivity contribution in [1.82, 2.24) is 4.98 Å². The molecule has 1 aromatic heterocycles. The van der Waals surface area contributed by atoms with Crippen molar-refractivity contribution in [2.24, 2.45) is 0 Å². The lowest BCUT2D eigenvalue weighted by molar-refractivity contribution is -0.113. The van der Waals surface area contributed by atoms with Crippen LogP contribution in [0.25, 0.3) is 10.9 Å². The van der Waals surface area contributed by atoms with Crippen molar-refractivity contribution >= 4 is 34.3 Å². The van der Waals surface area contributed by atoms with E-state index < -0.39 is 0 Å². The Bertz CT molecular complexity index is 818. The van der Waals surface area contributed by atoms with Gasteiger partial charge in [0.05, 0.1) is 11.3 Å². The van der Waals surface area contributed by atoms with Crippen LogP contribution in [-0.4, -0.2) is 16.6 Å². The molecule has 23 heavy (non-hydrogen) atoms. The van der Waals surface area contributed by atoms with Gasteiger partial charge in [0.25, 0.3) is 0 Å². The first-order valence-electron chi connectivity index (χ1n) is 7.62. The number of hydrogen-bond acceptors (Lipinski definition) is 3. The Morgan fingerprint density at radius 2 is 1.83 bits per heavy atom. The van der Waals surface area contributed by atoms with Crippen molar-refractivity contribution in [3.63, 3.8) is 0 Å². The van der Waals surface area contributed by atoms with Crippen molar-refractivity contribution in [3.05, 3.63) is 66.2 Å². The third kappa shape index (κ3) is 3.90.